The molecule has 118 valence electrons. The molecule has 0 saturated carbocycles. The lowest BCUT2D eigenvalue weighted by atomic mass is 10.1. The minimum atomic E-state index is -0.484. The smallest absolute Gasteiger partial charge is 0.276 e. The Bertz CT molecular complexity index is 741. The molecule has 23 heavy (non-hydrogen) atoms. The van der Waals surface area contributed by atoms with Crippen molar-refractivity contribution in [2.24, 2.45) is 0 Å². The molecule has 2 aromatic carbocycles. The monoisotopic (exact) mass is 312 g/mol. The number of benzene rings is 2. The number of carbonyl (C=O) groups excluding carboxylic acids is 1. The van der Waals surface area contributed by atoms with Crippen molar-refractivity contribution in [2.45, 2.75) is 6.92 Å². The second-order valence-electron chi connectivity index (χ2n) is 4.57. The van der Waals surface area contributed by atoms with Crippen LogP contribution in [0.1, 0.15) is 12.5 Å². The molecule has 0 aromatic heterocycles. The minimum absolute atomic E-state index is 0.0498. The summed E-state index contributed by atoms with van der Waals surface area (Å²) in [5.74, 6) is 0.178. The summed E-state index contributed by atoms with van der Waals surface area (Å²) >= 11 is 0. The average molecular weight is 312 g/mol. The Kier molecular flexibility index (Phi) is 5.46. The summed E-state index contributed by atoms with van der Waals surface area (Å²) in [5, 5.41) is 13.6. The van der Waals surface area contributed by atoms with Crippen LogP contribution in [0.25, 0.3) is 6.08 Å². The van der Waals surface area contributed by atoms with E-state index in [-0.39, 0.29) is 5.69 Å². The molecular formula is C17H16N2O4. The zero-order valence-electron chi connectivity index (χ0n) is 12.6. The number of rotatable bonds is 6. The van der Waals surface area contributed by atoms with Crippen LogP contribution < -0.4 is 10.1 Å². The lowest BCUT2D eigenvalue weighted by Gasteiger charge is -2.09. The fourth-order valence-electron chi connectivity index (χ4n) is 1.99. The maximum atomic E-state index is 12.0. The molecule has 0 atom stereocenters. The van der Waals surface area contributed by atoms with E-state index in [0.29, 0.717) is 23.6 Å². The van der Waals surface area contributed by atoms with Crippen molar-refractivity contribution in [3.63, 3.8) is 0 Å². The maximum absolute atomic E-state index is 12.0. The highest BCUT2D eigenvalue weighted by atomic mass is 16.6. The first kappa shape index (κ1) is 16.2. The van der Waals surface area contributed by atoms with Gasteiger partial charge in [-0.25, -0.2) is 0 Å². The Morgan fingerprint density at radius 2 is 1.91 bits per heavy atom. The van der Waals surface area contributed by atoms with Gasteiger partial charge in [-0.05, 0) is 31.2 Å². The van der Waals surface area contributed by atoms with Gasteiger partial charge in [-0.3, -0.25) is 14.9 Å². The highest BCUT2D eigenvalue weighted by Gasteiger charge is 2.10. The molecule has 6 heteroatoms. The Labute approximate surface area is 133 Å². The molecular weight excluding hydrogens is 296 g/mol. The van der Waals surface area contributed by atoms with Gasteiger partial charge in [-0.2, -0.15) is 0 Å². The summed E-state index contributed by atoms with van der Waals surface area (Å²) < 4.78 is 5.42. The Morgan fingerprint density at radius 1 is 1.22 bits per heavy atom. The van der Waals surface area contributed by atoms with Crippen LogP contribution in [0.15, 0.2) is 54.6 Å². The van der Waals surface area contributed by atoms with E-state index in [0.717, 1.165) is 0 Å². The number of anilines is 1. The van der Waals surface area contributed by atoms with Crippen molar-refractivity contribution in [1.29, 1.82) is 0 Å². The number of hydrogen-bond donors (Lipinski definition) is 1. The van der Waals surface area contributed by atoms with Gasteiger partial charge in [-0.1, -0.05) is 24.3 Å². The summed E-state index contributed by atoms with van der Waals surface area (Å²) in [7, 11) is 0. The number of hydrogen-bond acceptors (Lipinski definition) is 4. The molecule has 0 heterocycles. The van der Waals surface area contributed by atoms with Crippen LogP contribution in [0.4, 0.5) is 11.4 Å². The number of ether oxygens (including phenoxy) is 1. The first-order valence-corrected chi connectivity index (χ1v) is 7.06. The summed E-state index contributed by atoms with van der Waals surface area (Å²) in [5.41, 5.74) is 0.864. The summed E-state index contributed by atoms with van der Waals surface area (Å²) in [6.45, 7) is 2.34. The van der Waals surface area contributed by atoms with E-state index in [2.05, 4.69) is 5.32 Å². The quantitative estimate of drug-likeness (QED) is 0.501. The zero-order chi connectivity index (χ0) is 16.7. The number of nitro benzene ring substituents is 1. The Hall–Kier alpha value is -3.15. The van der Waals surface area contributed by atoms with Gasteiger partial charge < -0.3 is 10.1 Å². The van der Waals surface area contributed by atoms with Crippen molar-refractivity contribution >= 4 is 23.4 Å². The fraction of sp³-hybridized carbons (Fsp3) is 0.118. The molecule has 0 aliphatic carbocycles. The van der Waals surface area contributed by atoms with E-state index < -0.39 is 10.8 Å². The van der Waals surface area contributed by atoms with E-state index in [9.17, 15) is 14.9 Å². The third kappa shape index (κ3) is 4.41. The maximum Gasteiger partial charge on any atom is 0.276 e. The number of para-hydroxylation sites is 3. The van der Waals surface area contributed by atoms with Crippen LogP contribution in [0.5, 0.6) is 5.75 Å². The molecule has 0 spiro atoms. The molecule has 1 N–H and O–H groups in total. The third-order valence-corrected chi connectivity index (χ3v) is 2.99. The molecule has 0 fully saturated rings. The number of carbonyl (C=O) groups is 1. The Balaban J connectivity index is 2.13. The molecule has 2 aromatic rings. The highest BCUT2D eigenvalue weighted by Crippen LogP contribution is 2.24. The third-order valence-electron chi connectivity index (χ3n) is 2.99. The standard InChI is InChI=1S/C17H16N2O4/c1-2-23-16-10-6-4-8-14(16)18-17(20)12-11-13-7-3-5-9-15(13)19(21)22/h3-12H,2H2,1H3,(H,18,20). The van der Waals surface area contributed by atoms with Gasteiger partial charge in [0.15, 0.2) is 0 Å². The van der Waals surface area contributed by atoms with Gasteiger partial charge in [0.2, 0.25) is 5.91 Å². The van der Waals surface area contributed by atoms with Gasteiger partial charge in [-0.15, -0.1) is 0 Å². The topological polar surface area (TPSA) is 81.5 Å². The number of nitrogens with zero attached hydrogens (tertiary/aromatic N) is 1. The van der Waals surface area contributed by atoms with Gasteiger partial charge in [0, 0.05) is 12.1 Å². The van der Waals surface area contributed by atoms with E-state index in [4.69, 9.17) is 4.74 Å². The normalized spacial score (nSPS) is 10.5. The van der Waals surface area contributed by atoms with Crippen LogP contribution >= 0.6 is 0 Å². The first-order chi connectivity index (χ1) is 11.1. The second kappa shape index (κ2) is 7.74. The van der Waals surface area contributed by atoms with Crippen molar-refractivity contribution < 1.29 is 14.5 Å². The van der Waals surface area contributed by atoms with E-state index >= 15 is 0 Å². The zero-order valence-corrected chi connectivity index (χ0v) is 12.6. The molecule has 0 bridgehead atoms. The van der Waals surface area contributed by atoms with Crippen molar-refractivity contribution in [3.05, 3.63) is 70.3 Å². The number of nitro groups is 1. The molecule has 0 radical (unpaired) electrons. The molecule has 6 nitrogen and oxygen atoms in total. The minimum Gasteiger partial charge on any atom is -0.492 e. The SMILES string of the molecule is CCOc1ccccc1NC(=O)C=Cc1ccccc1[N+](=O)[O-]. The van der Waals surface area contributed by atoms with Crippen LogP contribution in [-0.2, 0) is 4.79 Å². The lowest BCUT2D eigenvalue weighted by Crippen LogP contribution is -2.09. The predicted octanol–water partition coefficient (Wildman–Crippen LogP) is 3.65. The molecule has 1 amide bonds. The Morgan fingerprint density at radius 3 is 2.65 bits per heavy atom. The molecule has 0 aliphatic rings. The van der Waals surface area contributed by atoms with Crippen molar-refractivity contribution in [3.8, 4) is 5.75 Å². The lowest BCUT2D eigenvalue weighted by molar-refractivity contribution is -0.385. The number of amides is 1. The van der Waals surface area contributed by atoms with Crippen LogP contribution in [0.2, 0.25) is 0 Å². The van der Waals surface area contributed by atoms with E-state index in [1.165, 1.54) is 18.2 Å². The molecule has 0 unspecified atom stereocenters. The van der Waals surface area contributed by atoms with Gasteiger partial charge >= 0.3 is 0 Å². The van der Waals surface area contributed by atoms with Gasteiger partial charge in [0.25, 0.3) is 5.69 Å². The van der Waals surface area contributed by atoms with Crippen molar-refractivity contribution in [1.82, 2.24) is 0 Å². The average Bonchev–Trinajstić information content (AvgIpc) is 2.55. The fourth-order valence-corrected chi connectivity index (χ4v) is 1.99. The molecule has 0 saturated heterocycles. The van der Waals surface area contributed by atoms with Crippen LogP contribution in [0.3, 0.4) is 0 Å². The van der Waals surface area contributed by atoms with E-state index in [1.54, 1.807) is 36.4 Å². The van der Waals surface area contributed by atoms with Crippen LogP contribution in [-0.4, -0.2) is 17.4 Å². The summed E-state index contributed by atoms with van der Waals surface area (Å²) in [6, 6.07) is 13.3. The van der Waals surface area contributed by atoms with Gasteiger partial charge in [0.1, 0.15) is 5.75 Å². The molecule has 2 rings (SSSR count). The summed E-state index contributed by atoms with van der Waals surface area (Å²) in [6.07, 6.45) is 2.67. The highest BCUT2D eigenvalue weighted by molar-refractivity contribution is 6.03. The summed E-state index contributed by atoms with van der Waals surface area (Å²) in [4.78, 5) is 22.4. The van der Waals surface area contributed by atoms with Gasteiger partial charge in [0.05, 0.1) is 22.8 Å². The van der Waals surface area contributed by atoms with Crippen molar-refractivity contribution in [2.75, 3.05) is 11.9 Å². The predicted molar refractivity (Wildman–Crippen MR) is 88.4 cm³/mol. The number of nitrogens with one attached hydrogen (secondary N) is 1. The van der Waals surface area contributed by atoms with E-state index in [1.807, 2.05) is 13.0 Å². The second-order valence-corrected chi connectivity index (χ2v) is 4.57. The largest absolute Gasteiger partial charge is 0.492 e. The molecule has 0 aliphatic heterocycles. The van der Waals surface area contributed by atoms with Crippen LogP contribution in [0, 0.1) is 10.1 Å². The first-order valence-electron chi connectivity index (χ1n) is 7.06.